The summed E-state index contributed by atoms with van der Waals surface area (Å²) in [7, 11) is 0. The molecule has 2 aromatic heterocycles. The Morgan fingerprint density at radius 3 is 1.83 bits per heavy atom. The van der Waals surface area contributed by atoms with Gasteiger partial charge in [0.1, 0.15) is 5.82 Å². The van der Waals surface area contributed by atoms with Gasteiger partial charge in [0.15, 0.2) is 0 Å². The lowest BCUT2D eigenvalue weighted by Crippen LogP contribution is -2.08. The zero-order valence-corrected chi connectivity index (χ0v) is 16.0. The van der Waals surface area contributed by atoms with Gasteiger partial charge in [0, 0.05) is 30.2 Å². The molecule has 0 radical (unpaired) electrons. The van der Waals surface area contributed by atoms with Crippen molar-refractivity contribution >= 4 is 23.3 Å². The third-order valence-electron chi connectivity index (χ3n) is 4.36. The molecular weight excluding hydrogens is 360 g/mol. The van der Waals surface area contributed by atoms with E-state index in [1.54, 1.807) is 12.4 Å². The summed E-state index contributed by atoms with van der Waals surface area (Å²) in [5.41, 5.74) is 3.13. The van der Waals surface area contributed by atoms with Crippen LogP contribution in [0, 0.1) is 0 Å². The molecule has 6 heteroatoms. The van der Waals surface area contributed by atoms with Crippen LogP contribution < -0.4 is 10.6 Å². The minimum absolute atomic E-state index is 0.513. The van der Waals surface area contributed by atoms with Gasteiger partial charge in [-0.15, -0.1) is 0 Å². The molecule has 0 fully saturated rings. The molecule has 0 saturated carbocycles. The smallest absolute Gasteiger partial charge is 0.232 e. The van der Waals surface area contributed by atoms with Gasteiger partial charge < -0.3 is 10.6 Å². The van der Waals surface area contributed by atoms with E-state index in [1.165, 1.54) is 5.56 Å². The molecule has 29 heavy (non-hydrogen) atoms. The Hall–Kier alpha value is -3.80. The fourth-order valence-electron chi connectivity index (χ4n) is 2.95. The third-order valence-corrected chi connectivity index (χ3v) is 4.36. The van der Waals surface area contributed by atoms with E-state index < -0.39 is 0 Å². The summed E-state index contributed by atoms with van der Waals surface area (Å²) >= 11 is 0. The van der Waals surface area contributed by atoms with Crippen LogP contribution in [0.25, 0.3) is 0 Å². The first kappa shape index (κ1) is 18.6. The van der Waals surface area contributed by atoms with Crippen molar-refractivity contribution in [3.63, 3.8) is 0 Å². The van der Waals surface area contributed by atoms with Crippen LogP contribution in [0.5, 0.6) is 0 Å². The lowest BCUT2D eigenvalue weighted by Gasteiger charge is -2.10. The minimum atomic E-state index is 0.513. The second-order valence-electron chi connectivity index (χ2n) is 6.59. The molecule has 0 atom stereocenters. The summed E-state index contributed by atoms with van der Waals surface area (Å²) in [4.78, 5) is 17.8. The van der Waals surface area contributed by atoms with Gasteiger partial charge in [-0.25, -0.2) is 0 Å². The highest BCUT2D eigenvalue weighted by Crippen LogP contribution is 2.17. The van der Waals surface area contributed by atoms with Crippen molar-refractivity contribution in [3.05, 3.63) is 96.6 Å². The van der Waals surface area contributed by atoms with Gasteiger partial charge in [0.25, 0.3) is 0 Å². The standard InChI is InChI=1S/C23H22N6/c1-3-8-18(9-4-1)10-7-13-21-27-22(25-19-11-5-2-6-12-19)29-23(28-21)26-20-14-16-24-17-15-20/h1-6,8-9,11-12,14-17H,7,10,13H2,(H2,24,25,26,27,28,29). The summed E-state index contributed by atoms with van der Waals surface area (Å²) in [5.74, 6) is 1.79. The second kappa shape index (κ2) is 9.41. The molecule has 0 saturated heterocycles. The van der Waals surface area contributed by atoms with Crippen LogP contribution in [0.2, 0.25) is 0 Å². The van der Waals surface area contributed by atoms with Crippen LogP contribution in [0.4, 0.5) is 23.3 Å². The largest absolute Gasteiger partial charge is 0.324 e. The number of nitrogens with one attached hydrogen (secondary N) is 2. The number of aryl methyl sites for hydroxylation is 2. The van der Waals surface area contributed by atoms with E-state index in [0.717, 1.165) is 36.5 Å². The highest BCUT2D eigenvalue weighted by atomic mass is 15.2. The van der Waals surface area contributed by atoms with Crippen LogP contribution in [-0.4, -0.2) is 19.9 Å². The van der Waals surface area contributed by atoms with Crippen LogP contribution in [0.1, 0.15) is 17.8 Å². The first-order valence-corrected chi connectivity index (χ1v) is 9.63. The molecule has 4 rings (SSSR count). The molecule has 2 aromatic carbocycles. The fraction of sp³-hybridized carbons (Fsp3) is 0.130. The maximum atomic E-state index is 4.62. The number of hydrogen-bond donors (Lipinski definition) is 2. The molecule has 0 aliphatic carbocycles. The summed E-state index contributed by atoms with van der Waals surface area (Å²) in [6.45, 7) is 0. The quantitative estimate of drug-likeness (QED) is 0.450. The van der Waals surface area contributed by atoms with Gasteiger partial charge in [-0.05, 0) is 42.7 Å². The van der Waals surface area contributed by atoms with E-state index in [4.69, 9.17) is 0 Å². The van der Waals surface area contributed by atoms with Crippen LogP contribution in [0.3, 0.4) is 0 Å². The Labute approximate surface area is 170 Å². The van der Waals surface area contributed by atoms with Crippen molar-refractivity contribution in [1.82, 2.24) is 19.9 Å². The molecule has 0 unspecified atom stereocenters. The van der Waals surface area contributed by atoms with Crippen molar-refractivity contribution in [2.24, 2.45) is 0 Å². The number of hydrogen-bond acceptors (Lipinski definition) is 6. The number of aromatic nitrogens is 4. The third kappa shape index (κ3) is 5.59. The van der Waals surface area contributed by atoms with Gasteiger partial charge in [0.05, 0.1) is 0 Å². The molecule has 0 aliphatic heterocycles. The summed E-state index contributed by atoms with van der Waals surface area (Å²) in [6.07, 6.45) is 6.18. The molecule has 4 aromatic rings. The molecule has 0 amide bonds. The fourth-order valence-corrected chi connectivity index (χ4v) is 2.95. The molecule has 6 nitrogen and oxygen atoms in total. The van der Waals surface area contributed by atoms with Crippen molar-refractivity contribution in [2.45, 2.75) is 19.3 Å². The Kier molecular flexibility index (Phi) is 6.02. The summed E-state index contributed by atoms with van der Waals surface area (Å²) in [5, 5.41) is 6.50. The van der Waals surface area contributed by atoms with Gasteiger partial charge in [0.2, 0.25) is 11.9 Å². The molecule has 144 valence electrons. The molecule has 0 bridgehead atoms. The summed E-state index contributed by atoms with van der Waals surface area (Å²) < 4.78 is 0. The SMILES string of the molecule is c1ccc(CCCc2nc(Nc3ccccc3)nc(Nc3ccncc3)n2)cc1. The maximum absolute atomic E-state index is 4.62. The van der Waals surface area contributed by atoms with Crippen molar-refractivity contribution in [3.8, 4) is 0 Å². The Bertz CT molecular complexity index is 963. The van der Waals surface area contributed by atoms with E-state index in [9.17, 15) is 0 Å². The van der Waals surface area contributed by atoms with E-state index in [1.807, 2.05) is 48.5 Å². The van der Waals surface area contributed by atoms with E-state index >= 15 is 0 Å². The number of pyridine rings is 1. The van der Waals surface area contributed by atoms with Gasteiger partial charge >= 0.3 is 0 Å². The van der Waals surface area contributed by atoms with Gasteiger partial charge in [-0.2, -0.15) is 15.0 Å². The number of nitrogens with zero attached hydrogens (tertiary/aromatic N) is 4. The highest BCUT2D eigenvalue weighted by molar-refractivity contribution is 5.56. The van der Waals surface area contributed by atoms with E-state index in [0.29, 0.717) is 11.9 Å². The first-order valence-electron chi connectivity index (χ1n) is 9.63. The second-order valence-corrected chi connectivity index (χ2v) is 6.59. The zero-order chi connectivity index (χ0) is 19.7. The molecule has 2 heterocycles. The first-order chi connectivity index (χ1) is 14.3. The number of benzene rings is 2. The van der Waals surface area contributed by atoms with Crippen LogP contribution >= 0.6 is 0 Å². The predicted octanol–water partition coefficient (Wildman–Crippen LogP) is 4.93. The van der Waals surface area contributed by atoms with Crippen LogP contribution in [-0.2, 0) is 12.8 Å². The molecule has 2 N–H and O–H groups in total. The molecular formula is C23H22N6. The Morgan fingerprint density at radius 2 is 1.17 bits per heavy atom. The maximum Gasteiger partial charge on any atom is 0.232 e. The van der Waals surface area contributed by atoms with Crippen LogP contribution in [0.15, 0.2) is 85.2 Å². The number of para-hydroxylation sites is 1. The summed E-state index contributed by atoms with van der Waals surface area (Å²) in [6, 6.07) is 24.1. The number of rotatable bonds is 8. The predicted molar refractivity (Wildman–Crippen MR) is 116 cm³/mol. The molecule has 0 spiro atoms. The average Bonchev–Trinajstić information content (AvgIpc) is 2.76. The normalized spacial score (nSPS) is 10.5. The van der Waals surface area contributed by atoms with Gasteiger partial charge in [-0.3, -0.25) is 4.98 Å². The monoisotopic (exact) mass is 382 g/mol. The number of anilines is 4. The Morgan fingerprint density at radius 1 is 0.586 bits per heavy atom. The Balaban J connectivity index is 1.52. The van der Waals surface area contributed by atoms with Crippen molar-refractivity contribution in [2.75, 3.05) is 10.6 Å². The lowest BCUT2D eigenvalue weighted by molar-refractivity contribution is 0.766. The van der Waals surface area contributed by atoms with E-state index in [-0.39, 0.29) is 0 Å². The van der Waals surface area contributed by atoms with Crippen molar-refractivity contribution in [1.29, 1.82) is 0 Å². The highest BCUT2D eigenvalue weighted by Gasteiger charge is 2.08. The molecule has 0 aliphatic rings. The average molecular weight is 382 g/mol. The zero-order valence-electron chi connectivity index (χ0n) is 16.0. The topological polar surface area (TPSA) is 75.6 Å². The van der Waals surface area contributed by atoms with Crippen molar-refractivity contribution < 1.29 is 0 Å². The minimum Gasteiger partial charge on any atom is -0.324 e. The van der Waals surface area contributed by atoms with E-state index in [2.05, 4.69) is 54.8 Å². The van der Waals surface area contributed by atoms with Gasteiger partial charge in [-0.1, -0.05) is 48.5 Å². The lowest BCUT2D eigenvalue weighted by atomic mass is 10.1.